The van der Waals surface area contributed by atoms with Gasteiger partial charge in [-0.1, -0.05) is 18.2 Å². The number of nitrogens with zero attached hydrogens (tertiary/aromatic N) is 1. The molecule has 1 aliphatic rings. The van der Waals surface area contributed by atoms with Crippen molar-refractivity contribution >= 4 is 21.4 Å². The highest BCUT2D eigenvalue weighted by Gasteiger charge is 2.32. The summed E-state index contributed by atoms with van der Waals surface area (Å²) in [5.74, 6) is -0.336. The minimum absolute atomic E-state index is 0.336. The van der Waals surface area contributed by atoms with Crippen LogP contribution in [0.25, 0.3) is 0 Å². The number of carbonyl (C=O) groups excluding carboxylic acids is 1. The van der Waals surface area contributed by atoms with Crippen molar-refractivity contribution in [2.75, 3.05) is 17.7 Å². The number of carbonyl (C=O) groups is 1. The third-order valence-electron chi connectivity index (χ3n) is 3.14. The lowest BCUT2D eigenvalue weighted by Gasteiger charge is -2.20. The summed E-state index contributed by atoms with van der Waals surface area (Å²) >= 11 is 0. The fourth-order valence-electron chi connectivity index (χ4n) is 1.97. The molecule has 17 heavy (non-hydrogen) atoms. The molecule has 1 aromatic carbocycles. The lowest BCUT2D eigenvalue weighted by atomic mass is 10.2. The Balaban J connectivity index is 2.30. The second-order valence-electron chi connectivity index (χ2n) is 4.34. The highest BCUT2D eigenvalue weighted by molar-refractivity contribution is 7.92. The predicted molar refractivity (Wildman–Crippen MR) is 66.8 cm³/mol. The number of sulfone groups is 1. The maximum atomic E-state index is 12.1. The van der Waals surface area contributed by atoms with Crippen molar-refractivity contribution < 1.29 is 13.2 Å². The summed E-state index contributed by atoms with van der Waals surface area (Å²) in [7, 11) is -3.33. The molecule has 2 rings (SSSR count). The zero-order chi connectivity index (χ0) is 12.6. The molecule has 92 valence electrons. The van der Waals surface area contributed by atoms with Crippen LogP contribution in [0.1, 0.15) is 12.5 Å². The van der Waals surface area contributed by atoms with Crippen molar-refractivity contribution in [1.82, 2.24) is 0 Å². The summed E-state index contributed by atoms with van der Waals surface area (Å²) in [6.07, 6.45) is 1.88. The van der Waals surface area contributed by atoms with Crippen molar-refractivity contribution in [2.45, 2.75) is 18.6 Å². The van der Waals surface area contributed by atoms with E-state index in [1.54, 1.807) is 4.90 Å². The Labute approximate surface area is 101 Å². The van der Waals surface area contributed by atoms with Crippen LogP contribution in [0, 0.1) is 0 Å². The van der Waals surface area contributed by atoms with Crippen LogP contribution in [-0.4, -0.2) is 32.4 Å². The molecule has 1 heterocycles. The van der Waals surface area contributed by atoms with Gasteiger partial charge >= 0.3 is 0 Å². The van der Waals surface area contributed by atoms with E-state index in [4.69, 9.17) is 0 Å². The van der Waals surface area contributed by atoms with Gasteiger partial charge in [0.1, 0.15) is 5.25 Å². The Morgan fingerprint density at radius 3 is 2.65 bits per heavy atom. The standard InChI is InChI=1S/C12H15NO3S/c1-9(17(2,15)16)12(14)13-8-7-10-5-3-4-6-11(10)13/h3-6,9H,7-8H2,1-2H3/t9-/m1/s1. The van der Waals surface area contributed by atoms with E-state index in [-0.39, 0.29) is 5.91 Å². The van der Waals surface area contributed by atoms with Crippen LogP contribution >= 0.6 is 0 Å². The molecule has 0 aromatic heterocycles. The van der Waals surface area contributed by atoms with E-state index in [0.29, 0.717) is 6.54 Å². The SMILES string of the molecule is C[C@H](C(=O)N1CCc2ccccc21)S(C)(=O)=O. The number of amides is 1. The molecule has 0 fully saturated rings. The molecule has 0 unspecified atom stereocenters. The van der Waals surface area contributed by atoms with Gasteiger partial charge in [0.25, 0.3) is 0 Å². The largest absolute Gasteiger partial charge is 0.311 e. The molecule has 0 spiro atoms. The fraction of sp³-hybridized carbons (Fsp3) is 0.417. The number of fused-ring (bicyclic) bond motifs is 1. The number of hydrogen-bond acceptors (Lipinski definition) is 3. The van der Waals surface area contributed by atoms with E-state index in [2.05, 4.69) is 0 Å². The van der Waals surface area contributed by atoms with Crippen LogP contribution in [0.4, 0.5) is 5.69 Å². The van der Waals surface area contributed by atoms with E-state index < -0.39 is 15.1 Å². The summed E-state index contributed by atoms with van der Waals surface area (Å²) in [5.41, 5.74) is 1.94. The molecule has 0 aliphatic carbocycles. The summed E-state index contributed by atoms with van der Waals surface area (Å²) in [6, 6.07) is 7.60. The monoisotopic (exact) mass is 253 g/mol. The predicted octanol–water partition coefficient (Wildman–Crippen LogP) is 1.01. The number of benzene rings is 1. The highest BCUT2D eigenvalue weighted by atomic mass is 32.2. The molecule has 0 bridgehead atoms. The van der Waals surface area contributed by atoms with Gasteiger partial charge in [0, 0.05) is 18.5 Å². The Kier molecular flexibility index (Phi) is 2.95. The summed E-state index contributed by atoms with van der Waals surface area (Å²) in [5, 5.41) is -0.978. The van der Waals surface area contributed by atoms with Crippen LogP contribution in [0.2, 0.25) is 0 Å². The van der Waals surface area contributed by atoms with Gasteiger partial charge in [0.05, 0.1) is 0 Å². The zero-order valence-electron chi connectivity index (χ0n) is 9.88. The van der Waals surface area contributed by atoms with Crippen LogP contribution in [0.15, 0.2) is 24.3 Å². The molecule has 1 aromatic rings. The Bertz CT molecular complexity index is 551. The molecule has 0 saturated carbocycles. The topological polar surface area (TPSA) is 54.5 Å². The van der Waals surface area contributed by atoms with E-state index in [1.165, 1.54) is 6.92 Å². The second kappa shape index (κ2) is 4.14. The lowest BCUT2D eigenvalue weighted by Crippen LogP contribution is -2.40. The van der Waals surface area contributed by atoms with Crippen molar-refractivity contribution in [2.24, 2.45) is 0 Å². The van der Waals surface area contributed by atoms with Crippen molar-refractivity contribution in [1.29, 1.82) is 0 Å². The zero-order valence-corrected chi connectivity index (χ0v) is 10.7. The molecular formula is C12H15NO3S. The van der Waals surface area contributed by atoms with Gasteiger partial charge in [-0.15, -0.1) is 0 Å². The first kappa shape index (κ1) is 12.1. The van der Waals surface area contributed by atoms with E-state index in [1.807, 2.05) is 24.3 Å². The van der Waals surface area contributed by atoms with E-state index in [0.717, 1.165) is 23.9 Å². The first-order valence-electron chi connectivity index (χ1n) is 5.49. The van der Waals surface area contributed by atoms with Gasteiger partial charge in [0.15, 0.2) is 9.84 Å². The van der Waals surface area contributed by atoms with Gasteiger partial charge in [-0.25, -0.2) is 8.42 Å². The van der Waals surface area contributed by atoms with Gasteiger partial charge in [0.2, 0.25) is 5.91 Å². The smallest absolute Gasteiger partial charge is 0.245 e. The lowest BCUT2D eigenvalue weighted by molar-refractivity contribution is -0.117. The quantitative estimate of drug-likeness (QED) is 0.790. The van der Waals surface area contributed by atoms with Gasteiger partial charge in [-0.2, -0.15) is 0 Å². The highest BCUT2D eigenvalue weighted by Crippen LogP contribution is 2.28. The Morgan fingerprint density at radius 1 is 1.35 bits per heavy atom. The van der Waals surface area contributed by atoms with E-state index in [9.17, 15) is 13.2 Å². The molecule has 5 heteroatoms. The Hall–Kier alpha value is -1.36. The second-order valence-corrected chi connectivity index (χ2v) is 6.71. The van der Waals surface area contributed by atoms with Crippen LogP contribution in [-0.2, 0) is 21.1 Å². The van der Waals surface area contributed by atoms with Crippen LogP contribution < -0.4 is 4.90 Å². The number of anilines is 1. The van der Waals surface area contributed by atoms with Gasteiger partial charge < -0.3 is 4.90 Å². The first-order valence-corrected chi connectivity index (χ1v) is 7.45. The van der Waals surface area contributed by atoms with Crippen LogP contribution in [0.5, 0.6) is 0 Å². The summed E-state index contributed by atoms with van der Waals surface area (Å²) in [4.78, 5) is 13.7. The molecule has 0 saturated heterocycles. The first-order chi connectivity index (χ1) is 7.91. The molecule has 0 N–H and O–H groups in total. The maximum Gasteiger partial charge on any atom is 0.245 e. The van der Waals surface area contributed by atoms with E-state index >= 15 is 0 Å². The molecule has 4 nitrogen and oxygen atoms in total. The van der Waals surface area contributed by atoms with Gasteiger partial charge in [-0.3, -0.25) is 4.79 Å². The van der Waals surface area contributed by atoms with Crippen molar-refractivity contribution in [3.05, 3.63) is 29.8 Å². The molecular weight excluding hydrogens is 238 g/mol. The fourth-order valence-corrected chi connectivity index (χ4v) is 2.46. The third kappa shape index (κ3) is 2.20. The number of rotatable bonds is 2. The average molecular weight is 253 g/mol. The average Bonchev–Trinajstić information content (AvgIpc) is 2.69. The molecule has 0 radical (unpaired) electrons. The summed E-state index contributed by atoms with van der Waals surface area (Å²) in [6.45, 7) is 2.01. The normalized spacial score (nSPS) is 16.7. The van der Waals surface area contributed by atoms with Crippen molar-refractivity contribution in [3.8, 4) is 0 Å². The Morgan fingerprint density at radius 2 is 2.00 bits per heavy atom. The molecule has 1 aliphatic heterocycles. The summed E-state index contributed by atoms with van der Waals surface area (Å²) < 4.78 is 22.8. The van der Waals surface area contributed by atoms with Crippen LogP contribution in [0.3, 0.4) is 0 Å². The maximum absolute atomic E-state index is 12.1. The molecule has 1 amide bonds. The minimum atomic E-state index is -3.33. The third-order valence-corrected chi connectivity index (χ3v) is 4.63. The number of para-hydroxylation sites is 1. The van der Waals surface area contributed by atoms with Gasteiger partial charge in [-0.05, 0) is 25.0 Å². The molecule has 1 atom stereocenters. The van der Waals surface area contributed by atoms with Crippen molar-refractivity contribution in [3.63, 3.8) is 0 Å². The number of hydrogen-bond donors (Lipinski definition) is 0. The minimum Gasteiger partial charge on any atom is -0.311 e.